The second-order valence-electron chi connectivity index (χ2n) is 5.34. The van der Waals surface area contributed by atoms with E-state index in [1.165, 1.54) is 29.0 Å². The fraction of sp³-hybridized carbons (Fsp3) is 0.111. The molecule has 0 aliphatic carbocycles. The molecule has 1 aromatic heterocycles. The highest BCUT2D eigenvalue weighted by Gasteiger charge is 2.10. The molecule has 2 aromatic carbocycles. The molecule has 1 heterocycles. The van der Waals surface area contributed by atoms with E-state index in [-0.39, 0.29) is 18.1 Å². The lowest BCUT2D eigenvalue weighted by atomic mass is 10.2. The third kappa shape index (κ3) is 4.18. The minimum atomic E-state index is -0.295. The zero-order valence-electron chi connectivity index (χ0n) is 12.8. The zero-order valence-corrected chi connectivity index (χ0v) is 15.8. The first kappa shape index (κ1) is 17.0. The quantitative estimate of drug-likeness (QED) is 0.564. The van der Waals surface area contributed by atoms with Crippen molar-refractivity contribution in [1.82, 2.24) is 4.98 Å². The van der Waals surface area contributed by atoms with Gasteiger partial charge in [0.05, 0.1) is 12.1 Å². The molecule has 0 aliphatic heterocycles. The van der Waals surface area contributed by atoms with Gasteiger partial charge in [0.1, 0.15) is 10.8 Å². The number of nitrogens with zero attached hydrogens (tertiary/aromatic N) is 1. The molecule has 0 saturated heterocycles. The van der Waals surface area contributed by atoms with E-state index in [1.807, 2.05) is 30.5 Å². The van der Waals surface area contributed by atoms with Crippen LogP contribution < -0.4 is 5.32 Å². The molecule has 3 nitrogen and oxygen atoms in total. The Hall–Kier alpha value is -1.80. The van der Waals surface area contributed by atoms with Crippen LogP contribution in [0.2, 0.25) is 0 Å². The Kier molecular flexibility index (Phi) is 5.25. The third-order valence-corrected chi connectivity index (χ3v) is 5.52. The first-order chi connectivity index (χ1) is 11.5. The molecule has 0 fully saturated rings. The topological polar surface area (TPSA) is 42.0 Å². The van der Waals surface area contributed by atoms with Crippen molar-refractivity contribution >= 4 is 45.5 Å². The van der Waals surface area contributed by atoms with Crippen molar-refractivity contribution < 1.29 is 9.18 Å². The molecule has 3 aromatic rings. The number of aryl methyl sites for hydroxylation is 1. The number of carbonyl (C=O) groups excluding carboxylic acids is 1. The van der Waals surface area contributed by atoms with Gasteiger partial charge in [0.2, 0.25) is 5.91 Å². The van der Waals surface area contributed by atoms with Gasteiger partial charge in [0, 0.05) is 20.2 Å². The summed E-state index contributed by atoms with van der Waals surface area (Å²) in [4.78, 5) is 16.6. The van der Waals surface area contributed by atoms with Gasteiger partial charge < -0.3 is 5.32 Å². The van der Waals surface area contributed by atoms with Crippen molar-refractivity contribution in [2.45, 2.75) is 13.3 Å². The van der Waals surface area contributed by atoms with Crippen LogP contribution in [0.3, 0.4) is 0 Å². The molecule has 0 atom stereocenters. The van der Waals surface area contributed by atoms with Crippen LogP contribution >= 0.6 is 33.9 Å². The largest absolute Gasteiger partial charge is 0.326 e. The van der Waals surface area contributed by atoms with E-state index >= 15 is 0 Å². The Balaban J connectivity index is 1.68. The van der Waals surface area contributed by atoms with Crippen molar-refractivity contribution in [1.29, 1.82) is 0 Å². The predicted molar refractivity (Wildman–Crippen MR) is 104 cm³/mol. The first-order valence-corrected chi connectivity index (χ1v) is 9.23. The zero-order chi connectivity index (χ0) is 17.1. The Bertz CT molecular complexity index is 894. The Labute approximate surface area is 157 Å². The Morgan fingerprint density at radius 2 is 2.12 bits per heavy atom. The van der Waals surface area contributed by atoms with Crippen molar-refractivity contribution in [3.8, 4) is 10.6 Å². The lowest BCUT2D eigenvalue weighted by Gasteiger charge is -2.06. The molecule has 0 aliphatic rings. The summed E-state index contributed by atoms with van der Waals surface area (Å²) in [6.45, 7) is 2.02. The van der Waals surface area contributed by atoms with Gasteiger partial charge >= 0.3 is 0 Å². The molecule has 24 heavy (non-hydrogen) atoms. The molecular weight excluding hydrogens is 438 g/mol. The fourth-order valence-corrected chi connectivity index (χ4v) is 3.51. The van der Waals surface area contributed by atoms with Crippen LogP contribution in [0.25, 0.3) is 10.6 Å². The van der Waals surface area contributed by atoms with Gasteiger partial charge in [-0.25, -0.2) is 9.37 Å². The van der Waals surface area contributed by atoms with Gasteiger partial charge in [0.25, 0.3) is 0 Å². The molecule has 1 amide bonds. The summed E-state index contributed by atoms with van der Waals surface area (Å²) in [5, 5.41) is 5.42. The van der Waals surface area contributed by atoms with Crippen molar-refractivity contribution in [3.63, 3.8) is 0 Å². The molecule has 0 bridgehead atoms. The number of aromatic nitrogens is 1. The summed E-state index contributed by atoms with van der Waals surface area (Å²) in [5.41, 5.74) is 3.35. The van der Waals surface area contributed by atoms with E-state index in [9.17, 15) is 9.18 Å². The summed E-state index contributed by atoms with van der Waals surface area (Å²) >= 11 is 3.65. The second kappa shape index (κ2) is 7.40. The maximum absolute atomic E-state index is 13.3. The number of halogens is 2. The number of rotatable bonds is 4. The average molecular weight is 452 g/mol. The predicted octanol–water partition coefficient (Wildman–Crippen LogP) is 5.04. The summed E-state index contributed by atoms with van der Waals surface area (Å²) in [6.07, 6.45) is 0.191. The van der Waals surface area contributed by atoms with Crippen molar-refractivity contribution in [2.24, 2.45) is 0 Å². The fourth-order valence-electron chi connectivity index (χ4n) is 2.18. The maximum Gasteiger partial charge on any atom is 0.230 e. The van der Waals surface area contributed by atoms with E-state index in [0.717, 1.165) is 14.8 Å². The molecule has 0 unspecified atom stereocenters. The number of nitrogens with one attached hydrogen (secondary N) is 1. The van der Waals surface area contributed by atoms with E-state index in [0.29, 0.717) is 10.7 Å². The van der Waals surface area contributed by atoms with Crippen LogP contribution in [0.1, 0.15) is 11.3 Å². The Morgan fingerprint density at radius 1 is 1.29 bits per heavy atom. The number of benzene rings is 2. The number of hydrogen-bond donors (Lipinski definition) is 1. The Morgan fingerprint density at radius 3 is 2.88 bits per heavy atom. The van der Waals surface area contributed by atoms with Gasteiger partial charge in [-0.05, 0) is 59.3 Å². The summed E-state index contributed by atoms with van der Waals surface area (Å²) in [5.74, 6) is -0.415. The first-order valence-electron chi connectivity index (χ1n) is 7.27. The molecule has 0 spiro atoms. The third-order valence-electron chi connectivity index (χ3n) is 3.42. The molecular formula is C18H14FIN2OS. The average Bonchev–Trinajstić information content (AvgIpc) is 2.99. The molecule has 1 N–H and O–H groups in total. The van der Waals surface area contributed by atoms with E-state index < -0.39 is 0 Å². The summed E-state index contributed by atoms with van der Waals surface area (Å²) in [7, 11) is 0. The van der Waals surface area contributed by atoms with E-state index in [2.05, 4.69) is 32.9 Å². The minimum absolute atomic E-state index is 0.120. The van der Waals surface area contributed by atoms with Crippen LogP contribution in [-0.2, 0) is 11.2 Å². The molecule has 0 radical (unpaired) electrons. The van der Waals surface area contributed by atoms with Crippen molar-refractivity contribution in [2.75, 3.05) is 5.32 Å². The van der Waals surface area contributed by atoms with E-state index in [4.69, 9.17) is 0 Å². The number of carbonyl (C=O) groups is 1. The molecule has 6 heteroatoms. The normalized spacial score (nSPS) is 10.6. The smallest absolute Gasteiger partial charge is 0.230 e. The maximum atomic E-state index is 13.3. The second-order valence-corrected chi connectivity index (χ2v) is 7.36. The summed E-state index contributed by atoms with van der Waals surface area (Å²) < 4.78 is 14.4. The van der Waals surface area contributed by atoms with Crippen LogP contribution in [0.4, 0.5) is 10.1 Å². The highest BCUT2D eigenvalue weighted by molar-refractivity contribution is 14.1. The molecule has 0 saturated carbocycles. The van der Waals surface area contributed by atoms with Crippen LogP contribution in [0, 0.1) is 16.3 Å². The lowest BCUT2D eigenvalue weighted by Crippen LogP contribution is -2.14. The van der Waals surface area contributed by atoms with Gasteiger partial charge in [-0.15, -0.1) is 11.3 Å². The van der Waals surface area contributed by atoms with Crippen molar-refractivity contribution in [3.05, 3.63) is 68.5 Å². The van der Waals surface area contributed by atoms with Gasteiger partial charge in [0.15, 0.2) is 0 Å². The van der Waals surface area contributed by atoms with Crippen LogP contribution in [0.15, 0.2) is 47.8 Å². The van der Waals surface area contributed by atoms with Crippen LogP contribution in [-0.4, -0.2) is 10.9 Å². The number of amides is 1. The SMILES string of the molecule is Cc1ccc(NC(=O)Cc2csc(-c3cccc(F)c3)n2)cc1I. The monoisotopic (exact) mass is 452 g/mol. The summed E-state index contributed by atoms with van der Waals surface area (Å²) in [6, 6.07) is 12.1. The standard InChI is InChI=1S/C18H14FIN2OS/c1-11-5-6-14(8-16(11)20)21-17(23)9-15-10-24-18(22-15)12-3-2-4-13(19)7-12/h2-8,10H,9H2,1H3,(H,21,23). The van der Waals surface area contributed by atoms with Gasteiger partial charge in [-0.3, -0.25) is 4.79 Å². The lowest BCUT2D eigenvalue weighted by molar-refractivity contribution is -0.115. The number of anilines is 1. The van der Waals surface area contributed by atoms with Crippen LogP contribution in [0.5, 0.6) is 0 Å². The minimum Gasteiger partial charge on any atom is -0.326 e. The highest BCUT2D eigenvalue weighted by atomic mass is 127. The highest BCUT2D eigenvalue weighted by Crippen LogP contribution is 2.24. The molecule has 122 valence electrons. The molecule has 3 rings (SSSR count). The van der Waals surface area contributed by atoms with Gasteiger partial charge in [-0.2, -0.15) is 0 Å². The number of hydrogen-bond acceptors (Lipinski definition) is 3. The number of thiazole rings is 1. The van der Waals surface area contributed by atoms with Gasteiger partial charge in [-0.1, -0.05) is 18.2 Å². The van der Waals surface area contributed by atoms with E-state index in [1.54, 1.807) is 12.1 Å².